The second-order valence-corrected chi connectivity index (χ2v) is 7.40. The minimum Gasteiger partial charge on any atom is -0.465 e. The molecule has 2 aromatic carbocycles. The fourth-order valence-corrected chi connectivity index (χ4v) is 3.77. The lowest BCUT2D eigenvalue weighted by Gasteiger charge is -2.33. The van der Waals surface area contributed by atoms with Gasteiger partial charge in [-0.3, -0.25) is 4.79 Å². The van der Waals surface area contributed by atoms with Crippen molar-refractivity contribution in [1.29, 1.82) is 0 Å². The van der Waals surface area contributed by atoms with Crippen molar-refractivity contribution < 1.29 is 23.8 Å². The minimum absolute atomic E-state index is 0.135. The van der Waals surface area contributed by atoms with Crippen LogP contribution in [0.3, 0.4) is 0 Å². The average molecular weight is 444 g/mol. The van der Waals surface area contributed by atoms with Crippen LogP contribution in [-0.4, -0.2) is 25.4 Å². The second-order valence-electron chi connectivity index (χ2n) is 6.99. The van der Waals surface area contributed by atoms with Crippen molar-refractivity contribution in [3.8, 4) is 11.5 Å². The van der Waals surface area contributed by atoms with E-state index in [2.05, 4.69) is 16.0 Å². The number of hydrogen-bond acceptors (Lipinski definition) is 6. The van der Waals surface area contributed by atoms with E-state index in [9.17, 15) is 9.59 Å². The SMILES string of the molecule is CCOC(=O)[C@H]1/C(=C\NCc2ccccc2Cl)NC(=O)N[C@H]1c1ccc2c(c1)OCO2. The summed E-state index contributed by atoms with van der Waals surface area (Å²) < 4.78 is 16.1. The van der Waals surface area contributed by atoms with E-state index in [1.807, 2.05) is 18.2 Å². The lowest BCUT2D eigenvalue weighted by molar-refractivity contribution is -0.147. The van der Waals surface area contributed by atoms with Crippen LogP contribution in [0.2, 0.25) is 5.02 Å². The van der Waals surface area contributed by atoms with Gasteiger partial charge in [0.25, 0.3) is 0 Å². The van der Waals surface area contributed by atoms with E-state index in [1.165, 1.54) is 0 Å². The van der Waals surface area contributed by atoms with E-state index >= 15 is 0 Å². The molecule has 2 amide bonds. The van der Waals surface area contributed by atoms with Gasteiger partial charge in [0.15, 0.2) is 11.5 Å². The molecule has 162 valence electrons. The summed E-state index contributed by atoms with van der Waals surface area (Å²) in [7, 11) is 0. The molecule has 0 aliphatic carbocycles. The van der Waals surface area contributed by atoms with Crippen molar-refractivity contribution in [3.05, 3.63) is 70.5 Å². The molecule has 0 saturated carbocycles. The van der Waals surface area contributed by atoms with E-state index in [1.54, 1.807) is 37.4 Å². The molecule has 2 aromatic rings. The highest BCUT2D eigenvalue weighted by Crippen LogP contribution is 2.38. The summed E-state index contributed by atoms with van der Waals surface area (Å²) in [5, 5.41) is 9.30. The molecule has 0 aromatic heterocycles. The molecule has 1 fully saturated rings. The van der Waals surface area contributed by atoms with Crippen molar-refractivity contribution >= 4 is 23.6 Å². The topological polar surface area (TPSA) is 97.9 Å². The Labute approximate surface area is 184 Å². The largest absolute Gasteiger partial charge is 0.465 e. The predicted octanol–water partition coefficient (Wildman–Crippen LogP) is 3.23. The number of fused-ring (bicyclic) bond motifs is 1. The number of benzene rings is 2. The summed E-state index contributed by atoms with van der Waals surface area (Å²) in [5.74, 6) is -0.0515. The van der Waals surface area contributed by atoms with Crippen LogP contribution in [0.25, 0.3) is 0 Å². The van der Waals surface area contributed by atoms with Crippen molar-refractivity contribution in [3.63, 3.8) is 0 Å². The van der Waals surface area contributed by atoms with E-state index in [-0.39, 0.29) is 13.4 Å². The highest BCUT2D eigenvalue weighted by Gasteiger charge is 2.40. The summed E-state index contributed by atoms with van der Waals surface area (Å²) in [6.07, 6.45) is 1.61. The van der Waals surface area contributed by atoms with Crippen LogP contribution in [0.4, 0.5) is 4.79 Å². The van der Waals surface area contributed by atoms with Gasteiger partial charge in [0.1, 0.15) is 5.92 Å². The van der Waals surface area contributed by atoms with Gasteiger partial charge in [-0.2, -0.15) is 0 Å². The Morgan fingerprint density at radius 2 is 2.06 bits per heavy atom. The van der Waals surface area contributed by atoms with Gasteiger partial charge in [-0.25, -0.2) is 4.79 Å². The van der Waals surface area contributed by atoms with E-state index in [0.29, 0.717) is 34.3 Å². The van der Waals surface area contributed by atoms with E-state index in [4.69, 9.17) is 25.8 Å². The van der Waals surface area contributed by atoms with Gasteiger partial charge in [0, 0.05) is 17.8 Å². The Bertz CT molecular complexity index is 1030. The molecule has 2 atom stereocenters. The standard InChI is InChI=1S/C22H22ClN3O5/c1-2-29-21(27)19-16(11-24-10-14-5-3-4-6-15(14)23)25-22(28)26-20(19)13-7-8-17-18(9-13)31-12-30-17/h3-9,11,19-20,24H,2,10,12H2,1H3,(H2,25,26,28)/b16-11+/t19-,20-/m0/s1. The summed E-state index contributed by atoms with van der Waals surface area (Å²) in [5.41, 5.74) is 1.99. The fraction of sp³-hybridized carbons (Fsp3) is 0.273. The van der Waals surface area contributed by atoms with Gasteiger partial charge >= 0.3 is 12.0 Å². The molecule has 0 spiro atoms. The first-order chi connectivity index (χ1) is 15.1. The van der Waals surface area contributed by atoms with E-state index < -0.39 is 24.0 Å². The fourth-order valence-electron chi connectivity index (χ4n) is 3.57. The molecule has 4 rings (SSSR count). The van der Waals surface area contributed by atoms with Gasteiger partial charge in [0.2, 0.25) is 6.79 Å². The zero-order chi connectivity index (χ0) is 21.8. The number of ether oxygens (including phenoxy) is 3. The Hall–Kier alpha value is -3.39. The molecule has 3 N–H and O–H groups in total. The van der Waals surface area contributed by atoms with Gasteiger partial charge < -0.3 is 30.2 Å². The monoisotopic (exact) mass is 443 g/mol. The van der Waals surface area contributed by atoms with Crippen LogP contribution in [0.15, 0.2) is 54.4 Å². The maximum absolute atomic E-state index is 12.9. The molecule has 0 bridgehead atoms. The molecular weight excluding hydrogens is 422 g/mol. The Morgan fingerprint density at radius 1 is 1.26 bits per heavy atom. The molecule has 0 unspecified atom stereocenters. The van der Waals surface area contributed by atoms with Gasteiger partial charge in [-0.1, -0.05) is 35.9 Å². The predicted molar refractivity (Wildman–Crippen MR) is 113 cm³/mol. The number of carbonyl (C=O) groups excluding carboxylic acids is 2. The van der Waals surface area contributed by atoms with Crippen LogP contribution in [0, 0.1) is 5.92 Å². The maximum Gasteiger partial charge on any atom is 0.319 e. The number of halogens is 1. The van der Waals surface area contributed by atoms with Crippen molar-refractivity contribution in [1.82, 2.24) is 16.0 Å². The van der Waals surface area contributed by atoms with Crippen molar-refractivity contribution in [2.45, 2.75) is 19.5 Å². The van der Waals surface area contributed by atoms with Crippen LogP contribution in [0.5, 0.6) is 11.5 Å². The van der Waals surface area contributed by atoms with Crippen molar-refractivity contribution in [2.75, 3.05) is 13.4 Å². The highest BCUT2D eigenvalue weighted by molar-refractivity contribution is 6.31. The lowest BCUT2D eigenvalue weighted by atomic mass is 9.88. The zero-order valence-electron chi connectivity index (χ0n) is 16.8. The first-order valence-electron chi connectivity index (χ1n) is 9.87. The molecule has 0 radical (unpaired) electrons. The van der Waals surface area contributed by atoms with Crippen LogP contribution in [0.1, 0.15) is 24.1 Å². The quantitative estimate of drug-likeness (QED) is 0.593. The van der Waals surface area contributed by atoms with Gasteiger partial charge in [0.05, 0.1) is 18.3 Å². The number of urea groups is 1. The third-order valence-corrected chi connectivity index (χ3v) is 5.39. The number of nitrogens with one attached hydrogen (secondary N) is 3. The lowest BCUT2D eigenvalue weighted by Crippen LogP contribution is -2.51. The van der Waals surface area contributed by atoms with Crippen molar-refractivity contribution in [2.24, 2.45) is 5.92 Å². The third kappa shape index (κ3) is 4.54. The normalized spacial score (nSPS) is 20.7. The Morgan fingerprint density at radius 3 is 2.87 bits per heavy atom. The number of rotatable bonds is 6. The van der Waals surface area contributed by atoms with Crippen LogP contribution < -0.4 is 25.4 Å². The highest BCUT2D eigenvalue weighted by atomic mass is 35.5. The molecule has 31 heavy (non-hydrogen) atoms. The molecule has 2 heterocycles. The number of hydrogen-bond donors (Lipinski definition) is 3. The number of carbonyl (C=O) groups is 2. The molecule has 1 saturated heterocycles. The van der Waals surface area contributed by atoms with E-state index in [0.717, 1.165) is 5.56 Å². The number of esters is 1. The molecule has 8 nitrogen and oxygen atoms in total. The third-order valence-electron chi connectivity index (χ3n) is 5.02. The van der Waals surface area contributed by atoms with Gasteiger partial charge in [-0.05, 0) is 36.2 Å². The summed E-state index contributed by atoms with van der Waals surface area (Å²) in [6.45, 7) is 2.52. The zero-order valence-corrected chi connectivity index (χ0v) is 17.6. The molecular formula is C22H22ClN3O5. The van der Waals surface area contributed by atoms with Crippen LogP contribution >= 0.6 is 11.6 Å². The Kier molecular flexibility index (Phi) is 6.18. The number of amides is 2. The smallest absolute Gasteiger partial charge is 0.319 e. The molecule has 2 aliphatic rings. The summed E-state index contributed by atoms with van der Waals surface area (Å²) in [6, 6.07) is 11.7. The molecule has 9 heteroatoms. The first-order valence-corrected chi connectivity index (χ1v) is 10.2. The second kappa shape index (κ2) is 9.18. The average Bonchev–Trinajstić information content (AvgIpc) is 3.22. The van der Waals surface area contributed by atoms with Gasteiger partial charge in [-0.15, -0.1) is 0 Å². The first kappa shape index (κ1) is 20.9. The minimum atomic E-state index is -0.781. The summed E-state index contributed by atoms with van der Waals surface area (Å²) >= 11 is 6.20. The Balaban J connectivity index is 1.62. The van der Waals surface area contributed by atoms with Crippen LogP contribution in [-0.2, 0) is 16.1 Å². The maximum atomic E-state index is 12.9. The molecule has 2 aliphatic heterocycles. The summed E-state index contributed by atoms with van der Waals surface area (Å²) in [4.78, 5) is 25.2.